The third-order valence-corrected chi connectivity index (χ3v) is 4.82. The van der Waals surface area contributed by atoms with Crippen molar-refractivity contribution in [1.29, 1.82) is 0 Å². The fourth-order valence-corrected chi connectivity index (χ4v) is 3.08. The lowest BCUT2D eigenvalue weighted by Crippen LogP contribution is -2.36. The number of amides is 1. The lowest BCUT2D eigenvalue weighted by atomic mass is 9.99. The van der Waals surface area contributed by atoms with E-state index in [-0.39, 0.29) is 18.9 Å². The van der Waals surface area contributed by atoms with Gasteiger partial charge in [0.2, 0.25) is 0 Å². The van der Waals surface area contributed by atoms with Crippen LogP contribution in [0.1, 0.15) is 65.2 Å². The van der Waals surface area contributed by atoms with E-state index >= 15 is 0 Å². The molecule has 0 saturated carbocycles. The van der Waals surface area contributed by atoms with Crippen molar-refractivity contribution in [2.24, 2.45) is 5.92 Å². The number of nitrogens with zero attached hydrogens (tertiary/aromatic N) is 1. The first-order valence-electron chi connectivity index (χ1n) is 9.91. The van der Waals surface area contributed by atoms with Crippen LogP contribution in [0.5, 0.6) is 0 Å². The smallest absolute Gasteiger partial charge is 0.327 e. The van der Waals surface area contributed by atoms with Crippen LogP contribution >= 0.6 is 0 Å². The molecule has 0 bridgehead atoms. The number of aliphatic hydroxyl groups excluding tert-OH is 1. The number of rotatable bonds is 11. The highest BCUT2D eigenvalue weighted by atomic mass is 19.3. The van der Waals surface area contributed by atoms with Crippen LogP contribution in [-0.2, 0) is 9.59 Å². The van der Waals surface area contributed by atoms with E-state index < -0.39 is 36.4 Å². The van der Waals surface area contributed by atoms with Gasteiger partial charge in [-0.25, -0.2) is 0 Å². The molecule has 3 atom stereocenters. The predicted octanol–water partition coefficient (Wildman–Crippen LogP) is 3.61. The van der Waals surface area contributed by atoms with E-state index in [4.69, 9.17) is 5.11 Å². The van der Waals surface area contributed by atoms with Crippen molar-refractivity contribution in [1.82, 2.24) is 4.90 Å². The molecule has 1 aliphatic rings. The normalized spacial score (nSPS) is 20.8. The molecule has 1 aliphatic heterocycles. The number of aliphatic hydroxyl groups is 1. The standard InChI is InChI=1S/C21H31F2NO4/c1-3-4-7-10-16(2)18(25)13-12-17-15-21(22,23)20(28)24(17)14-9-6-5-8-11-19(26)27/h12-13,16-18,25H,3,5-6,8-11,14-15H2,1-2H3,(H,26,27)/b13-12+/t16-,17?,18+/m0/s1. The maximum atomic E-state index is 13.9. The van der Waals surface area contributed by atoms with Crippen molar-refractivity contribution < 1.29 is 28.6 Å². The molecule has 1 heterocycles. The minimum absolute atomic E-state index is 0.0881. The van der Waals surface area contributed by atoms with Gasteiger partial charge < -0.3 is 15.1 Å². The lowest BCUT2D eigenvalue weighted by molar-refractivity contribution is -0.148. The van der Waals surface area contributed by atoms with Crippen LogP contribution in [0.3, 0.4) is 0 Å². The molecule has 0 radical (unpaired) electrons. The molecule has 2 N–H and O–H groups in total. The molecule has 0 aromatic heterocycles. The Kier molecular flexibility index (Phi) is 10.2. The summed E-state index contributed by atoms with van der Waals surface area (Å²) in [5, 5.41) is 18.8. The Morgan fingerprint density at radius 3 is 2.64 bits per heavy atom. The summed E-state index contributed by atoms with van der Waals surface area (Å²) < 4.78 is 27.7. The van der Waals surface area contributed by atoms with Gasteiger partial charge in [-0.15, -0.1) is 11.8 Å². The molecule has 0 aromatic carbocycles. The summed E-state index contributed by atoms with van der Waals surface area (Å²) in [4.78, 5) is 23.6. The molecule has 0 spiro atoms. The molecule has 0 aromatic rings. The fourth-order valence-electron chi connectivity index (χ4n) is 3.08. The van der Waals surface area contributed by atoms with Crippen LogP contribution < -0.4 is 0 Å². The summed E-state index contributed by atoms with van der Waals surface area (Å²) in [7, 11) is 0. The number of carboxylic acid groups (broad SMARTS) is 1. The van der Waals surface area contributed by atoms with Gasteiger partial charge in [-0.05, 0) is 18.8 Å². The Labute approximate surface area is 165 Å². The highest BCUT2D eigenvalue weighted by Crippen LogP contribution is 2.34. The van der Waals surface area contributed by atoms with E-state index in [9.17, 15) is 23.5 Å². The first-order chi connectivity index (χ1) is 13.2. The fraction of sp³-hybridized carbons (Fsp3) is 0.714. The van der Waals surface area contributed by atoms with Crippen LogP contribution in [0.4, 0.5) is 8.78 Å². The number of hydrogen-bond donors (Lipinski definition) is 2. The second kappa shape index (κ2) is 11.8. The van der Waals surface area contributed by atoms with Crippen molar-refractivity contribution in [3.63, 3.8) is 0 Å². The van der Waals surface area contributed by atoms with Gasteiger partial charge in [0, 0.05) is 32.2 Å². The topological polar surface area (TPSA) is 77.8 Å². The monoisotopic (exact) mass is 399 g/mol. The number of alkyl halides is 2. The molecule has 1 saturated heterocycles. The third kappa shape index (κ3) is 7.97. The van der Waals surface area contributed by atoms with Gasteiger partial charge in [-0.2, -0.15) is 8.78 Å². The number of likely N-dealkylation sites (tertiary alicyclic amines) is 1. The molecule has 1 unspecified atom stereocenters. The van der Waals surface area contributed by atoms with E-state index in [1.807, 2.05) is 13.8 Å². The molecule has 1 amide bonds. The second-order valence-electron chi connectivity index (χ2n) is 7.30. The Morgan fingerprint density at radius 1 is 1.32 bits per heavy atom. The van der Waals surface area contributed by atoms with Crippen LogP contribution in [0.15, 0.2) is 12.2 Å². The van der Waals surface area contributed by atoms with E-state index in [1.54, 1.807) is 0 Å². The van der Waals surface area contributed by atoms with Gasteiger partial charge in [-0.1, -0.05) is 38.8 Å². The number of hydrogen-bond acceptors (Lipinski definition) is 3. The van der Waals surface area contributed by atoms with Gasteiger partial charge in [0.1, 0.15) is 0 Å². The summed E-state index contributed by atoms with van der Waals surface area (Å²) in [5.41, 5.74) is 0. The number of unbranched alkanes of at least 4 members (excludes halogenated alkanes) is 3. The molecule has 1 rings (SSSR count). The van der Waals surface area contributed by atoms with E-state index in [2.05, 4.69) is 11.8 Å². The maximum Gasteiger partial charge on any atom is 0.327 e. The lowest BCUT2D eigenvalue weighted by Gasteiger charge is -2.22. The number of carboxylic acids is 1. The molecule has 1 fully saturated rings. The first-order valence-corrected chi connectivity index (χ1v) is 9.91. The molecular formula is C21H31F2NO4. The first kappa shape index (κ1) is 24.1. The molecule has 158 valence electrons. The summed E-state index contributed by atoms with van der Waals surface area (Å²) >= 11 is 0. The SMILES string of the molecule is CCC#CC[C@H](C)[C@H](O)/C=C/C1CC(F)(F)C(=O)N1CCCCCCC(=O)O. The molecule has 7 heteroatoms. The van der Waals surface area contributed by atoms with Gasteiger partial charge in [-0.3, -0.25) is 9.59 Å². The molecule has 28 heavy (non-hydrogen) atoms. The van der Waals surface area contributed by atoms with Crippen molar-refractivity contribution in [3.05, 3.63) is 12.2 Å². The largest absolute Gasteiger partial charge is 0.481 e. The highest BCUT2D eigenvalue weighted by molar-refractivity contribution is 5.86. The summed E-state index contributed by atoms with van der Waals surface area (Å²) in [6.45, 7) is 3.97. The average molecular weight is 399 g/mol. The van der Waals surface area contributed by atoms with Crippen LogP contribution in [0.25, 0.3) is 0 Å². The third-order valence-electron chi connectivity index (χ3n) is 4.82. The van der Waals surface area contributed by atoms with E-state index in [0.717, 1.165) is 6.42 Å². The van der Waals surface area contributed by atoms with Gasteiger partial charge in [0.25, 0.3) is 5.91 Å². The summed E-state index contributed by atoms with van der Waals surface area (Å²) in [6.07, 6.45) is 5.36. The zero-order valence-corrected chi connectivity index (χ0v) is 16.7. The Bertz CT molecular complexity index is 609. The number of halogens is 2. The molecular weight excluding hydrogens is 368 g/mol. The van der Waals surface area contributed by atoms with E-state index in [1.165, 1.54) is 17.1 Å². The number of carbonyl (C=O) groups is 2. The predicted molar refractivity (Wildman–Crippen MR) is 103 cm³/mol. The van der Waals surface area contributed by atoms with Crippen molar-refractivity contribution >= 4 is 11.9 Å². The van der Waals surface area contributed by atoms with E-state index in [0.29, 0.717) is 32.1 Å². The second-order valence-corrected chi connectivity index (χ2v) is 7.30. The minimum Gasteiger partial charge on any atom is -0.481 e. The minimum atomic E-state index is -3.39. The zero-order chi connectivity index (χ0) is 21.2. The van der Waals surface area contributed by atoms with Gasteiger partial charge >= 0.3 is 11.9 Å². The van der Waals surface area contributed by atoms with Crippen LogP contribution in [0.2, 0.25) is 0 Å². The Balaban J connectivity index is 2.58. The van der Waals surface area contributed by atoms with Crippen molar-refractivity contribution in [2.45, 2.75) is 83.3 Å². The maximum absolute atomic E-state index is 13.9. The number of aliphatic carboxylic acids is 1. The quantitative estimate of drug-likeness (QED) is 0.316. The average Bonchev–Trinajstić information content (AvgIpc) is 2.85. The Morgan fingerprint density at radius 2 is 2.00 bits per heavy atom. The molecule has 5 nitrogen and oxygen atoms in total. The summed E-state index contributed by atoms with van der Waals surface area (Å²) in [5.74, 6) is 0.341. The molecule has 0 aliphatic carbocycles. The zero-order valence-electron chi connectivity index (χ0n) is 16.7. The van der Waals surface area contributed by atoms with Crippen molar-refractivity contribution in [2.75, 3.05) is 6.54 Å². The Hall–Kier alpha value is -1.94. The van der Waals surface area contributed by atoms with Crippen molar-refractivity contribution in [3.8, 4) is 11.8 Å². The number of carbonyl (C=O) groups excluding carboxylic acids is 1. The van der Waals surface area contributed by atoms with Gasteiger partial charge in [0.15, 0.2) is 0 Å². The summed E-state index contributed by atoms with van der Waals surface area (Å²) in [6, 6.07) is -0.745. The highest BCUT2D eigenvalue weighted by Gasteiger charge is 2.52. The van der Waals surface area contributed by atoms with Gasteiger partial charge in [0.05, 0.1) is 12.1 Å². The van der Waals surface area contributed by atoms with Crippen LogP contribution in [-0.4, -0.2) is 51.6 Å². The van der Waals surface area contributed by atoms with Crippen LogP contribution in [0, 0.1) is 17.8 Å².